The van der Waals surface area contributed by atoms with E-state index in [2.05, 4.69) is 4.72 Å². The Hall–Kier alpha value is -2.96. The quantitative estimate of drug-likeness (QED) is 0.421. The van der Waals surface area contributed by atoms with Crippen molar-refractivity contribution in [3.8, 4) is 0 Å². The number of benzene rings is 3. The zero-order valence-corrected chi connectivity index (χ0v) is 20.1. The van der Waals surface area contributed by atoms with Crippen molar-refractivity contribution in [2.75, 3.05) is 6.61 Å². The second-order valence-electron chi connectivity index (χ2n) is 8.21. The summed E-state index contributed by atoms with van der Waals surface area (Å²) in [6, 6.07) is 23.3. The lowest BCUT2D eigenvalue weighted by atomic mass is 9.88. The van der Waals surface area contributed by atoms with E-state index < -0.39 is 28.0 Å². The van der Waals surface area contributed by atoms with E-state index in [0.29, 0.717) is 12.8 Å². The van der Waals surface area contributed by atoms with E-state index in [1.165, 1.54) is 0 Å². The van der Waals surface area contributed by atoms with Gasteiger partial charge in [-0.1, -0.05) is 77.9 Å². The molecule has 5 nitrogen and oxygen atoms in total. The van der Waals surface area contributed by atoms with Crippen LogP contribution in [0.5, 0.6) is 0 Å². The molecule has 3 aromatic carbocycles. The number of carbonyl (C=O) groups excluding carboxylic acids is 1. The summed E-state index contributed by atoms with van der Waals surface area (Å²) < 4.78 is 34.8. The van der Waals surface area contributed by atoms with Gasteiger partial charge >= 0.3 is 5.97 Å². The number of hydrogen-bond acceptors (Lipinski definition) is 4. The second-order valence-corrected chi connectivity index (χ2v) is 9.92. The molecule has 1 N–H and O–H groups in total. The maximum absolute atomic E-state index is 13.3. The molecule has 0 aliphatic rings. The Balaban J connectivity index is 1.98. The van der Waals surface area contributed by atoms with Crippen LogP contribution in [0.15, 0.2) is 83.8 Å². The minimum Gasteiger partial charge on any atom is -0.466 e. The summed E-state index contributed by atoms with van der Waals surface area (Å²) in [7, 11) is -3.87. The van der Waals surface area contributed by atoms with E-state index in [1.54, 1.807) is 31.2 Å². The van der Waals surface area contributed by atoms with E-state index in [9.17, 15) is 13.2 Å². The van der Waals surface area contributed by atoms with Crippen molar-refractivity contribution in [3.05, 3.63) is 101 Å². The van der Waals surface area contributed by atoms with Gasteiger partial charge in [0.05, 0.1) is 23.5 Å². The topological polar surface area (TPSA) is 72.5 Å². The Kier molecular flexibility index (Phi) is 8.42. The number of esters is 1. The summed E-state index contributed by atoms with van der Waals surface area (Å²) in [6.07, 6.45) is 1.07. The maximum Gasteiger partial charge on any atom is 0.310 e. The van der Waals surface area contributed by atoms with Crippen molar-refractivity contribution in [2.24, 2.45) is 5.92 Å². The average Bonchev–Trinajstić information content (AvgIpc) is 2.80. The first-order chi connectivity index (χ1) is 15.8. The van der Waals surface area contributed by atoms with Crippen molar-refractivity contribution in [1.29, 1.82) is 0 Å². The van der Waals surface area contributed by atoms with Gasteiger partial charge in [-0.2, -0.15) is 0 Å². The Morgan fingerprint density at radius 2 is 1.45 bits per heavy atom. The van der Waals surface area contributed by atoms with Crippen molar-refractivity contribution in [2.45, 2.75) is 44.6 Å². The zero-order valence-electron chi connectivity index (χ0n) is 19.3. The van der Waals surface area contributed by atoms with E-state index in [-0.39, 0.29) is 11.5 Å². The van der Waals surface area contributed by atoms with Gasteiger partial charge in [0.2, 0.25) is 10.0 Å². The molecule has 2 unspecified atom stereocenters. The SMILES string of the molecule is CCOC(=O)C(CCc1ccccc1)C(NS(=O)(=O)c1ccc(C)cc1)c1ccc(C)cc1. The fourth-order valence-electron chi connectivity index (χ4n) is 3.75. The highest BCUT2D eigenvalue weighted by Crippen LogP contribution is 2.30. The van der Waals surface area contributed by atoms with E-state index in [1.807, 2.05) is 68.4 Å². The van der Waals surface area contributed by atoms with Gasteiger partial charge in [0.1, 0.15) is 0 Å². The predicted molar refractivity (Wildman–Crippen MR) is 130 cm³/mol. The summed E-state index contributed by atoms with van der Waals surface area (Å²) in [4.78, 5) is 13.2. The van der Waals surface area contributed by atoms with Crippen molar-refractivity contribution < 1.29 is 17.9 Å². The van der Waals surface area contributed by atoms with Gasteiger partial charge in [-0.05, 0) is 56.9 Å². The second kappa shape index (κ2) is 11.3. The molecule has 0 radical (unpaired) electrons. The fourth-order valence-corrected chi connectivity index (χ4v) is 5.01. The Morgan fingerprint density at radius 1 is 0.879 bits per heavy atom. The van der Waals surface area contributed by atoms with Crippen LogP contribution in [0.4, 0.5) is 0 Å². The van der Waals surface area contributed by atoms with Gasteiger partial charge in [-0.15, -0.1) is 0 Å². The Bertz CT molecular complexity index is 1140. The van der Waals surface area contributed by atoms with Crippen molar-refractivity contribution >= 4 is 16.0 Å². The first-order valence-electron chi connectivity index (χ1n) is 11.2. The number of carbonyl (C=O) groups is 1. The van der Waals surface area contributed by atoms with Crippen LogP contribution in [-0.2, 0) is 26.0 Å². The molecule has 0 spiro atoms. The molecule has 0 amide bonds. The summed E-state index contributed by atoms with van der Waals surface area (Å²) >= 11 is 0. The molecule has 3 aromatic rings. The molecule has 33 heavy (non-hydrogen) atoms. The van der Waals surface area contributed by atoms with Crippen LogP contribution in [-0.4, -0.2) is 21.0 Å². The van der Waals surface area contributed by atoms with Gasteiger partial charge in [0, 0.05) is 0 Å². The first-order valence-corrected chi connectivity index (χ1v) is 12.6. The maximum atomic E-state index is 13.3. The monoisotopic (exact) mass is 465 g/mol. The van der Waals surface area contributed by atoms with Gasteiger partial charge in [-0.25, -0.2) is 13.1 Å². The van der Waals surface area contributed by atoms with E-state index in [4.69, 9.17) is 4.74 Å². The normalized spacial score (nSPS) is 13.3. The number of aryl methyl sites for hydroxylation is 3. The van der Waals surface area contributed by atoms with Crippen molar-refractivity contribution in [3.63, 3.8) is 0 Å². The molecular weight excluding hydrogens is 434 g/mol. The number of rotatable bonds is 10. The zero-order chi connectivity index (χ0) is 23.8. The van der Waals surface area contributed by atoms with Crippen LogP contribution in [0, 0.1) is 19.8 Å². The predicted octanol–water partition coefficient (Wildman–Crippen LogP) is 5.14. The van der Waals surface area contributed by atoms with E-state index >= 15 is 0 Å². The Morgan fingerprint density at radius 3 is 2.03 bits per heavy atom. The minimum atomic E-state index is -3.87. The smallest absolute Gasteiger partial charge is 0.310 e. The van der Waals surface area contributed by atoms with Gasteiger partial charge in [0.15, 0.2) is 0 Å². The van der Waals surface area contributed by atoms with Gasteiger partial charge < -0.3 is 4.74 Å². The number of ether oxygens (including phenoxy) is 1. The van der Waals surface area contributed by atoms with E-state index in [0.717, 1.165) is 22.3 Å². The molecule has 3 rings (SSSR count). The van der Waals surface area contributed by atoms with Crippen LogP contribution in [0.3, 0.4) is 0 Å². The molecule has 6 heteroatoms. The number of hydrogen-bond donors (Lipinski definition) is 1. The average molecular weight is 466 g/mol. The number of nitrogens with one attached hydrogen (secondary N) is 1. The summed E-state index contributed by atoms with van der Waals surface area (Å²) in [6.45, 7) is 5.85. The van der Waals surface area contributed by atoms with Gasteiger partial charge in [-0.3, -0.25) is 4.79 Å². The molecule has 0 bridgehead atoms. The highest BCUT2D eigenvalue weighted by Gasteiger charge is 2.34. The first kappa shape index (κ1) is 24.7. The number of sulfonamides is 1. The lowest BCUT2D eigenvalue weighted by molar-refractivity contribution is -0.149. The minimum absolute atomic E-state index is 0.163. The molecule has 0 heterocycles. The molecule has 0 saturated carbocycles. The summed E-state index contributed by atoms with van der Waals surface area (Å²) in [5, 5.41) is 0. The molecular formula is C27H31NO4S. The van der Waals surface area contributed by atoms with Crippen LogP contribution in [0.2, 0.25) is 0 Å². The third kappa shape index (κ3) is 6.76. The largest absolute Gasteiger partial charge is 0.466 e. The molecule has 0 saturated heterocycles. The highest BCUT2D eigenvalue weighted by molar-refractivity contribution is 7.89. The molecule has 0 aliphatic heterocycles. The highest BCUT2D eigenvalue weighted by atomic mass is 32.2. The third-order valence-electron chi connectivity index (χ3n) is 5.63. The molecule has 2 atom stereocenters. The Labute approximate surface area is 196 Å². The van der Waals surface area contributed by atoms with Crippen LogP contribution >= 0.6 is 0 Å². The van der Waals surface area contributed by atoms with Crippen molar-refractivity contribution in [1.82, 2.24) is 4.72 Å². The van der Waals surface area contributed by atoms with Crippen LogP contribution in [0.25, 0.3) is 0 Å². The van der Waals surface area contributed by atoms with Crippen LogP contribution < -0.4 is 4.72 Å². The molecule has 0 aromatic heterocycles. The fraction of sp³-hybridized carbons (Fsp3) is 0.296. The molecule has 0 aliphatic carbocycles. The lowest BCUT2D eigenvalue weighted by Crippen LogP contribution is -2.38. The molecule has 0 fully saturated rings. The molecule has 174 valence electrons. The summed E-state index contributed by atoms with van der Waals surface area (Å²) in [5.74, 6) is -1.10. The van der Waals surface area contributed by atoms with Crippen LogP contribution in [0.1, 0.15) is 41.6 Å². The summed E-state index contributed by atoms with van der Waals surface area (Å²) in [5.41, 5.74) is 3.82. The third-order valence-corrected chi connectivity index (χ3v) is 7.09. The van der Waals surface area contributed by atoms with Gasteiger partial charge in [0.25, 0.3) is 0 Å². The lowest BCUT2D eigenvalue weighted by Gasteiger charge is -2.27. The standard InChI is InChI=1S/C27H31NO4S/c1-4-32-27(29)25(19-14-22-8-6-5-7-9-22)26(23-15-10-20(2)11-16-23)28-33(30,31)24-17-12-21(3)13-18-24/h5-13,15-18,25-26,28H,4,14,19H2,1-3H3.